The first kappa shape index (κ1) is 39.6. The summed E-state index contributed by atoms with van der Waals surface area (Å²) in [6, 6.07) is 83.5. The number of nitrogens with zero attached hydrogens (tertiary/aromatic N) is 2. The molecule has 0 spiro atoms. The lowest BCUT2D eigenvalue weighted by Gasteiger charge is -2.29. The Morgan fingerprint density at radius 2 is 1.09 bits per heavy atom. The molecule has 3 heteroatoms. The van der Waals surface area contributed by atoms with E-state index < -0.39 is 0 Å². The van der Waals surface area contributed by atoms with Crippen molar-refractivity contribution in [2.24, 2.45) is 0 Å². The standard InChI is InChI=1S/C64H48N2S/c1-3-17-44(18-4-1)51-28-14-19-45-20-15-30-57(63(45)51)54-26-8-10-32-59(54)65(50-24-13-21-47(41-50)52-29-16-31-58-56-27-9-12-34-62(56)67-64(52)58)49-38-35-43(36-39-49)46-37-40-55-53-25-7-11-33-60(53)66(61(55)42-46)48-22-5-2-6-23-48/h2,5-16,19-42,44H,1,3-4,17-18H2. The van der Waals surface area contributed by atoms with Gasteiger partial charge in [-0.1, -0.05) is 183 Å². The van der Waals surface area contributed by atoms with E-state index in [-0.39, 0.29) is 0 Å². The van der Waals surface area contributed by atoms with Gasteiger partial charge in [-0.05, 0) is 124 Å². The predicted molar refractivity (Wildman–Crippen MR) is 288 cm³/mol. The maximum absolute atomic E-state index is 2.49. The third-order valence-electron chi connectivity index (χ3n) is 14.4. The zero-order valence-electron chi connectivity index (χ0n) is 37.3. The van der Waals surface area contributed by atoms with Crippen LogP contribution in [0.3, 0.4) is 0 Å². The fraction of sp³-hybridized carbons (Fsp3) is 0.0938. The van der Waals surface area contributed by atoms with Gasteiger partial charge in [-0.3, -0.25) is 0 Å². The molecule has 0 bridgehead atoms. The van der Waals surface area contributed by atoms with Crippen molar-refractivity contribution in [3.63, 3.8) is 0 Å². The third-order valence-corrected chi connectivity index (χ3v) is 15.6. The summed E-state index contributed by atoms with van der Waals surface area (Å²) in [7, 11) is 0. The van der Waals surface area contributed by atoms with Crippen molar-refractivity contribution in [3.8, 4) is 39.1 Å². The molecule has 1 aliphatic rings. The van der Waals surface area contributed by atoms with Gasteiger partial charge in [0.2, 0.25) is 0 Å². The van der Waals surface area contributed by atoms with Crippen LogP contribution >= 0.6 is 11.3 Å². The molecule has 1 aliphatic carbocycles. The molecule has 1 saturated carbocycles. The van der Waals surface area contributed by atoms with E-state index in [0.29, 0.717) is 5.92 Å². The van der Waals surface area contributed by atoms with Crippen molar-refractivity contribution < 1.29 is 0 Å². The number of hydrogen-bond donors (Lipinski definition) is 0. The summed E-state index contributed by atoms with van der Waals surface area (Å²) in [6.45, 7) is 0. The second-order valence-corrected chi connectivity index (χ2v) is 19.3. The maximum Gasteiger partial charge on any atom is 0.0547 e. The second kappa shape index (κ2) is 16.6. The first-order chi connectivity index (χ1) is 33.2. The van der Waals surface area contributed by atoms with Crippen LogP contribution in [0.2, 0.25) is 0 Å². The Kier molecular flexibility index (Phi) is 9.83. The van der Waals surface area contributed by atoms with E-state index in [1.807, 2.05) is 11.3 Å². The smallest absolute Gasteiger partial charge is 0.0547 e. The molecule has 67 heavy (non-hydrogen) atoms. The number of fused-ring (bicyclic) bond motifs is 7. The van der Waals surface area contributed by atoms with Crippen LogP contribution < -0.4 is 4.90 Å². The lowest BCUT2D eigenvalue weighted by atomic mass is 9.80. The lowest BCUT2D eigenvalue weighted by molar-refractivity contribution is 0.445. The van der Waals surface area contributed by atoms with Crippen molar-refractivity contribution in [2.45, 2.75) is 38.0 Å². The van der Waals surface area contributed by atoms with Gasteiger partial charge in [0.15, 0.2) is 0 Å². The summed E-state index contributed by atoms with van der Waals surface area (Å²) >= 11 is 1.89. The van der Waals surface area contributed by atoms with Crippen molar-refractivity contribution in [3.05, 3.63) is 230 Å². The third kappa shape index (κ3) is 6.84. The number of hydrogen-bond acceptors (Lipinski definition) is 2. The summed E-state index contributed by atoms with van der Waals surface area (Å²) < 4.78 is 5.05. The van der Waals surface area contributed by atoms with E-state index in [4.69, 9.17) is 0 Å². The van der Waals surface area contributed by atoms with Gasteiger partial charge in [0.1, 0.15) is 0 Å². The first-order valence-electron chi connectivity index (χ1n) is 23.9. The Balaban J connectivity index is 0.982. The van der Waals surface area contributed by atoms with E-state index in [9.17, 15) is 0 Å². The maximum atomic E-state index is 2.49. The van der Waals surface area contributed by atoms with Crippen LogP contribution in [0.1, 0.15) is 43.6 Å². The molecule has 13 rings (SSSR count). The van der Waals surface area contributed by atoms with Crippen molar-refractivity contribution in [1.82, 2.24) is 4.57 Å². The molecular formula is C64H48N2S. The van der Waals surface area contributed by atoms with E-state index in [1.54, 1.807) is 0 Å². The van der Waals surface area contributed by atoms with Crippen LogP contribution in [-0.2, 0) is 0 Å². The van der Waals surface area contributed by atoms with E-state index in [2.05, 4.69) is 234 Å². The van der Waals surface area contributed by atoms with Gasteiger partial charge in [0.05, 0.1) is 16.7 Å². The average molecular weight is 877 g/mol. The Morgan fingerprint density at radius 3 is 1.97 bits per heavy atom. The molecule has 2 aromatic heterocycles. The van der Waals surface area contributed by atoms with Gasteiger partial charge in [-0.2, -0.15) is 0 Å². The molecule has 0 unspecified atom stereocenters. The Bertz CT molecular complexity index is 3790. The number of rotatable bonds is 8. The summed E-state index contributed by atoms with van der Waals surface area (Å²) in [5.41, 5.74) is 15.9. The number of benzene rings is 10. The number of para-hydroxylation sites is 3. The fourth-order valence-corrected chi connectivity index (χ4v) is 12.5. The van der Waals surface area contributed by atoms with Crippen molar-refractivity contribution in [1.29, 1.82) is 0 Å². The lowest BCUT2D eigenvalue weighted by Crippen LogP contribution is -2.11. The Morgan fingerprint density at radius 1 is 0.418 bits per heavy atom. The normalized spacial score (nSPS) is 13.3. The molecule has 0 radical (unpaired) electrons. The van der Waals surface area contributed by atoms with Crippen LogP contribution in [0.15, 0.2) is 224 Å². The highest BCUT2D eigenvalue weighted by Crippen LogP contribution is 2.48. The highest BCUT2D eigenvalue weighted by atomic mass is 32.1. The second-order valence-electron chi connectivity index (χ2n) is 18.2. The number of aromatic nitrogens is 1. The van der Waals surface area contributed by atoms with Crippen LogP contribution in [0.4, 0.5) is 17.1 Å². The van der Waals surface area contributed by atoms with E-state index in [1.165, 1.54) is 129 Å². The minimum atomic E-state index is 0.579. The summed E-state index contributed by atoms with van der Waals surface area (Å²) in [5, 5.41) is 7.86. The Hall–Kier alpha value is -7.72. The van der Waals surface area contributed by atoms with Crippen LogP contribution in [0.25, 0.3) is 91.8 Å². The molecule has 0 atom stereocenters. The molecule has 0 amide bonds. The van der Waals surface area contributed by atoms with Crippen LogP contribution in [-0.4, -0.2) is 4.57 Å². The predicted octanol–water partition coefficient (Wildman–Crippen LogP) is 18.8. The zero-order chi connectivity index (χ0) is 44.3. The molecular weight excluding hydrogens is 829 g/mol. The average Bonchev–Trinajstić information content (AvgIpc) is 3.95. The summed E-state index contributed by atoms with van der Waals surface area (Å²) in [4.78, 5) is 2.49. The molecule has 1 fully saturated rings. The van der Waals surface area contributed by atoms with Crippen molar-refractivity contribution >= 4 is 81.1 Å². The monoisotopic (exact) mass is 876 g/mol. The molecule has 0 N–H and O–H groups in total. The molecule has 12 aromatic rings. The molecule has 320 valence electrons. The van der Waals surface area contributed by atoms with Crippen molar-refractivity contribution in [2.75, 3.05) is 4.90 Å². The summed E-state index contributed by atoms with van der Waals surface area (Å²) in [6.07, 6.45) is 6.47. The Labute approximate surface area is 395 Å². The molecule has 0 aliphatic heterocycles. The quantitative estimate of drug-likeness (QED) is 0.148. The fourth-order valence-electron chi connectivity index (χ4n) is 11.3. The van der Waals surface area contributed by atoms with Gasteiger partial charge >= 0.3 is 0 Å². The molecule has 0 saturated heterocycles. The topological polar surface area (TPSA) is 8.17 Å². The van der Waals surface area contributed by atoms with Crippen LogP contribution in [0, 0.1) is 0 Å². The van der Waals surface area contributed by atoms with Gasteiger partial charge in [-0.25, -0.2) is 0 Å². The molecule has 2 heterocycles. The highest BCUT2D eigenvalue weighted by molar-refractivity contribution is 7.26. The van der Waals surface area contributed by atoms with Crippen LogP contribution in [0.5, 0.6) is 0 Å². The minimum absolute atomic E-state index is 0.579. The summed E-state index contributed by atoms with van der Waals surface area (Å²) in [5.74, 6) is 0.579. The van der Waals surface area contributed by atoms with E-state index >= 15 is 0 Å². The highest BCUT2D eigenvalue weighted by Gasteiger charge is 2.24. The zero-order valence-corrected chi connectivity index (χ0v) is 38.1. The molecule has 2 nitrogen and oxygen atoms in total. The van der Waals surface area contributed by atoms with Gasteiger partial charge < -0.3 is 9.47 Å². The van der Waals surface area contributed by atoms with Gasteiger partial charge in [0.25, 0.3) is 0 Å². The van der Waals surface area contributed by atoms with Gasteiger partial charge in [-0.15, -0.1) is 11.3 Å². The first-order valence-corrected chi connectivity index (χ1v) is 24.7. The number of anilines is 3. The SMILES string of the molecule is c1ccc(-n2c3ccccc3c3ccc(-c4ccc(N(c5cccc(-c6cccc7c6sc6ccccc67)c5)c5ccccc5-c5cccc6cccc(C7CCCCC7)c56)cc4)cc32)cc1. The van der Waals surface area contributed by atoms with E-state index in [0.717, 1.165) is 17.1 Å². The van der Waals surface area contributed by atoms with Gasteiger partial charge in [0, 0.05) is 53.6 Å². The minimum Gasteiger partial charge on any atom is -0.310 e. The largest absolute Gasteiger partial charge is 0.310 e. The number of thiophene rings is 1. The molecule has 10 aromatic carbocycles.